The van der Waals surface area contributed by atoms with Crippen LogP contribution in [0.5, 0.6) is 5.75 Å². The van der Waals surface area contributed by atoms with Crippen molar-refractivity contribution in [3.05, 3.63) is 53.6 Å². The Morgan fingerprint density at radius 1 is 1.00 bits per heavy atom. The van der Waals surface area contributed by atoms with Crippen molar-refractivity contribution in [1.29, 1.82) is 0 Å². The number of aromatic nitrogens is 4. The van der Waals surface area contributed by atoms with E-state index in [0.29, 0.717) is 10.8 Å². The standard InChI is InChI=1S/C18H15ClN4OS/c1-2-11-24-15-9-5-13(6-10-15)17-22-23-16(20-21-18(23)25-17)12-3-7-14(19)8-4-12/h3-10H,2,11H2,1H3. The second-order valence-electron chi connectivity index (χ2n) is 5.50. The molecular weight excluding hydrogens is 356 g/mol. The zero-order chi connectivity index (χ0) is 17.2. The number of rotatable bonds is 5. The summed E-state index contributed by atoms with van der Waals surface area (Å²) in [6.07, 6.45) is 0.992. The molecule has 2 aromatic carbocycles. The van der Waals surface area contributed by atoms with Crippen LogP contribution in [0.15, 0.2) is 48.5 Å². The van der Waals surface area contributed by atoms with Crippen LogP contribution in [0.25, 0.3) is 26.9 Å². The molecule has 0 atom stereocenters. The van der Waals surface area contributed by atoms with Gasteiger partial charge in [0.15, 0.2) is 5.82 Å². The van der Waals surface area contributed by atoms with Crippen LogP contribution in [0.3, 0.4) is 0 Å². The molecule has 0 spiro atoms. The van der Waals surface area contributed by atoms with Crippen LogP contribution in [0, 0.1) is 0 Å². The molecule has 0 saturated carbocycles. The molecule has 5 nitrogen and oxygen atoms in total. The third-order valence-corrected chi connectivity index (χ3v) is 4.87. The van der Waals surface area contributed by atoms with Crippen LogP contribution in [0.2, 0.25) is 5.02 Å². The molecule has 0 aliphatic rings. The Morgan fingerprint density at radius 3 is 2.44 bits per heavy atom. The minimum atomic E-state index is 0.689. The lowest BCUT2D eigenvalue weighted by Crippen LogP contribution is -1.94. The highest BCUT2D eigenvalue weighted by Crippen LogP contribution is 2.29. The first-order valence-electron chi connectivity index (χ1n) is 7.96. The molecule has 0 saturated heterocycles. The molecule has 0 fully saturated rings. The monoisotopic (exact) mass is 370 g/mol. The van der Waals surface area contributed by atoms with Crippen molar-refractivity contribution in [3.63, 3.8) is 0 Å². The fourth-order valence-corrected chi connectivity index (χ4v) is 3.40. The van der Waals surface area contributed by atoms with Gasteiger partial charge in [-0.1, -0.05) is 29.9 Å². The minimum Gasteiger partial charge on any atom is -0.494 e. The van der Waals surface area contributed by atoms with Crippen molar-refractivity contribution in [1.82, 2.24) is 19.8 Å². The Morgan fingerprint density at radius 2 is 1.72 bits per heavy atom. The highest BCUT2D eigenvalue weighted by Gasteiger charge is 2.14. The molecule has 4 aromatic rings. The van der Waals surface area contributed by atoms with E-state index in [1.807, 2.05) is 48.5 Å². The summed E-state index contributed by atoms with van der Waals surface area (Å²) in [4.78, 5) is 0.756. The van der Waals surface area contributed by atoms with Crippen molar-refractivity contribution < 1.29 is 4.74 Å². The Bertz CT molecular complexity index is 992. The van der Waals surface area contributed by atoms with Crippen LogP contribution in [0.1, 0.15) is 13.3 Å². The fraction of sp³-hybridized carbons (Fsp3) is 0.167. The normalized spacial score (nSPS) is 11.1. The lowest BCUT2D eigenvalue weighted by molar-refractivity contribution is 0.317. The Balaban J connectivity index is 1.66. The average Bonchev–Trinajstić information content (AvgIpc) is 3.22. The number of benzene rings is 2. The molecule has 0 aliphatic carbocycles. The van der Waals surface area contributed by atoms with E-state index in [0.717, 1.165) is 39.9 Å². The van der Waals surface area contributed by atoms with Crippen molar-refractivity contribution in [3.8, 4) is 27.7 Å². The third kappa shape index (κ3) is 3.23. The van der Waals surface area contributed by atoms with Gasteiger partial charge in [0, 0.05) is 16.1 Å². The number of ether oxygens (including phenoxy) is 1. The molecular formula is C18H15ClN4OS. The first-order chi connectivity index (χ1) is 12.2. The molecule has 0 aliphatic heterocycles. The molecule has 25 heavy (non-hydrogen) atoms. The molecule has 4 rings (SSSR count). The van der Waals surface area contributed by atoms with Crippen molar-refractivity contribution in [2.24, 2.45) is 0 Å². The summed E-state index contributed by atoms with van der Waals surface area (Å²) >= 11 is 7.46. The Labute approximate surface area is 153 Å². The number of hydrogen-bond donors (Lipinski definition) is 0. The van der Waals surface area contributed by atoms with Gasteiger partial charge in [-0.05, 0) is 55.0 Å². The van der Waals surface area contributed by atoms with E-state index in [4.69, 9.17) is 16.3 Å². The van der Waals surface area contributed by atoms with Gasteiger partial charge in [-0.15, -0.1) is 10.2 Å². The maximum Gasteiger partial charge on any atom is 0.235 e. The lowest BCUT2D eigenvalue weighted by atomic mass is 10.2. The van der Waals surface area contributed by atoms with E-state index in [9.17, 15) is 0 Å². The third-order valence-electron chi connectivity index (χ3n) is 3.67. The summed E-state index contributed by atoms with van der Waals surface area (Å²) in [5, 5.41) is 14.7. The first kappa shape index (κ1) is 16.1. The second-order valence-corrected chi connectivity index (χ2v) is 6.90. The van der Waals surface area contributed by atoms with Crippen molar-refractivity contribution in [2.45, 2.75) is 13.3 Å². The van der Waals surface area contributed by atoms with E-state index < -0.39 is 0 Å². The molecule has 7 heteroatoms. The van der Waals surface area contributed by atoms with Gasteiger partial charge in [0.05, 0.1) is 6.61 Å². The van der Waals surface area contributed by atoms with Gasteiger partial charge in [-0.2, -0.15) is 9.61 Å². The second kappa shape index (κ2) is 6.82. The first-order valence-corrected chi connectivity index (χ1v) is 9.15. The molecule has 2 aromatic heterocycles. The molecule has 0 unspecified atom stereocenters. The lowest BCUT2D eigenvalue weighted by Gasteiger charge is -2.04. The van der Waals surface area contributed by atoms with Crippen LogP contribution < -0.4 is 4.74 Å². The topological polar surface area (TPSA) is 52.3 Å². The number of fused-ring (bicyclic) bond motifs is 1. The molecule has 0 amide bonds. The SMILES string of the molecule is CCCOc1ccc(-c2nn3c(-c4ccc(Cl)cc4)nnc3s2)cc1. The van der Waals surface area contributed by atoms with Gasteiger partial charge in [0.1, 0.15) is 10.8 Å². The molecule has 2 heterocycles. The van der Waals surface area contributed by atoms with E-state index in [-0.39, 0.29) is 0 Å². The summed E-state index contributed by atoms with van der Waals surface area (Å²) in [5.74, 6) is 1.58. The van der Waals surface area contributed by atoms with Crippen molar-refractivity contribution >= 4 is 27.9 Å². The van der Waals surface area contributed by atoms with Crippen LogP contribution in [0.4, 0.5) is 0 Å². The van der Waals surface area contributed by atoms with Gasteiger partial charge < -0.3 is 4.74 Å². The number of hydrogen-bond acceptors (Lipinski definition) is 5. The zero-order valence-electron chi connectivity index (χ0n) is 13.5. The highest BCUT2D eigenvalue weighted by molar-refractivity contribution is 7.19. The number of halogens is 1. The van der Waals surface area contributed by atoms with Crippen LogP contribution in [-0.2, 0) is 0 Å². The average molecular weight is 371 g/mol. The summed E-state index contributed by atoms with van der Waals surface area (Å²) in [7, 11) is 0. The summed E-state index contributed by atoms with van der Waals surface area (Å²) in [6.45, 7) is 2.81. The van der Waals surface area contributed by atoms with E-state index in [1.54, 1.807) is 4.52 Å². The molecule has 0 bridgehead atoms. The number of nitrogens with zero attached hydrogens (tertiary/aromatic N) is 4. The zero-order valence-corrected chi connectivity index (χ0v) is 15.1. The maximum absolute atomic E-state index is 5.95. The van der Waals surface area contributed by atoms with Crippen molar-refractivity contribution in [2.75, 3.05) is 6.61 Å². The summed E-state index contributed by atoms with van der Waals surface area (Å²) in [5.41, 5.74) is 1.96. The molecule has 126 valence electrons. The van der Waals surface area contributed by atoms with Crippen LogP contribution >= 0.6 is 22.9 Å². The minimum absolute atomic E-state index is 0.689. The van der Waals surface area contributed by atoms with Gasteiger partial charge in [0.25, 0.3) is 0 Å². The van der Waals surface area contributed by atoms with E-state index >= 15 is 0 Å². The van der Waals surface area contributed by atoms with E-state index in [1.165, 1.54) is 11.3 Å². The van der Waals surface area contributed by atoms with Gasteiger partial charge >= 0.3 is 0 Å². The quantitative estimate of drug-likeness (QED) is 0.498. The fourth-order valence-electron chi connectivity index (χ4n) is 2.43. The molecule has 0 N–H and O–H groups in total. The predicted octanol–water partition coefficient (Wildman–Crippen LogP) is 4.96. The van der Waals surface area contributed by atoms with Gasteiger partial charge in [-0.25, -0.2) is 0 Å². The predicted molar refractivity (Wildman–Crippen MR) is 100 cm³/mol. The highest BCUT2D eigenvalue weighted by atomic mass is 35.5. The largest absolute Gasteiger partial charge is 0.494 e. The Hall–Kier alpha value is -2.44. The summed E-state index contributed by atoms with van der Waals surface area (Å²) in [6, 6.07) is 15.5. The van der Waals surface area contributed by atoms with Gasteiger partial charge in [-0.3, -0.25) is 0 Å². The smallest absolute Gasteiger partial charge is 0.235 e. The summed E-state index contributed by atoms with van der Waals surface area (Å²) < 4.78 is 7.39. The Kier molecular flexibility index (Phi) is 4.38. The molecule has 0 radical (unpaired) electrons. The van der Waals surface area contributed by atoms with Gasteiger partial charge in [0.2, 0.25) is 4.96 Å². The van der Waals surface area contributed by atoms with Crippen LogP contribution in [-0.4, -0.2) is 26.4 Å². The van der Waals surface area contributed by atoms with E-state index in [2.05, 4.69) is 22.2 Å². The maximum atomic E-state index is 5.95.